The second-order valence-electron chi connectivity index (χ2n) is 12.1. The summed E-state index contributed by atoms with van der Waals surface area (Å²) in [4.78, 5) is 20.1. The molecule has 2 aromatic heterocycles. The fourth-order valence-electron chi connectivity index (χ4n) is 4.73. The molecule has 48 heavy (non-hydrogen) atoms. The number of hydrogen-bond donors (Lipinski definition) is 0. The number of hydrogen-bond acceptors (Lipinski definition) is 9. The molecule has 4 rings (SSSR count). The van der Waals surface area contributed by atoms with Crippen LogP contribution < -0.4 is 9.47 Å². The molecule has 0 aliphatic heterocycles. The number of benzene rings is 2. The fourth-order valence-corrected chi connectivity index (χ4v) is 7.26. The van der Waals surface area contributed by atoms with Crippen LogP contribution in [-0.2, 0) is 37.6 Å². The van der Waals surface area contributed by atoms with Gasteiger partial charge in [0.15, 0.2) is 5.82 Å². The van der Waals surface area contributed by atoms with Gasteiger partial charge in [0, 0.05) is 51.9 Å². The maximum Gasteiger partial charge on any atom is 0.302 e. The Labute approximate surface area is 286 Å². The van der Waals surface area contributed by atoms with E-state index in [0.717, 1.165) is 12.2 Å². The SMILES string of the molecule is COc1ccc(CN(CCOC(C)=O)S(=O)(=O)c2ccc(-c3cnc(-c4ccc(F)cn4)n3COCC[Si](C)(C)C)c(Cl)c2)c(OC)c1. The zero-order chi connectivity index (χ0) is 35.1. The number of carbonyl (C=O) groups is 1. The minimum atomic E-state index is -4.16. The van der Waals surface area contributed by atoms with Crippen molar-refractivity contribution >= 4 is 35.7 Å². The van der Waals surface area contributed by atoms with E-state index in [1.165, 1.54) is 49.7 Å². The molecule has 0 fully saturated rings. The molecular weight excluding hydrogens is 679 g/mol. The van der Waals surface area contributed by atoms with Gasteiger partial charge in [-0.25, -0.2) is 22.8 Å². The summed E-state index contributed by atoms with van der Waals surface area (Å²) < 4.78 is 66.7. The van der Waals surface area contributed by atoms with Gasteiger partial charge in [0.1, 0.15) is 36.3 Å². The normalized spacial score (nSPS) is 11.9. The summed E-state index contributed by atoms with van der Waals surface area (Å²) in [5, 5.41) is 0.153. The molecule has 4 aromatic rings. The molecule has 15 heteroatoms. The summed E-state index contributed by atoms with van der Waals surface area (Å²) in [5.41, 5.74) is 2.08. The average Bonchev–Trinajstić information content (AvgIpc) is 3.45. The van der Waals surface area contributed by atoms with Crippen LogP contribution in [0.5, 0.6) is 11.5 Å². The van der Waals surface area contributed by atoms with Crippen LogP contribution in [0.15, 0.2) is 65.8 Å². The van der Waals surface area contributed by atoms with E-state index in [4.69, 9.17) is 30.5 Å². The highest BCUT2D eigenvalue weighted by Crippen LogP contribution is 2.34. The number of halogens is 2. The smallest absolute Gasteiger partial charge is 0.302 e. The van der Waals surface area contributed by atoms with Crippen LogP contribution in [0, 0.1) is 5.82 Å². The lowest BCUT2D eigenvalue weighted by molar-refractivity contribution is -0.141. The summed E-state index contributed by atoms with van der Waals surface area (Å²) in [6.07, 6.45) is 2.71. The molecule has 0 unspecified atom stereocenters. The number of ether oxygens (including phenoxy) is 4. The predicted molar refractivity (Wildman–Crippen MR) is 184 cm³/mol. The lowest BCUT2D eigenvalue weighted by atomic mass is 10.1. The van der Waals surface area contributed by atoms with Gasteiger partial charge in [-0.1, -0.05) is 37.3 Å². The standard InChI is InChI=1S/C33H40ClFN4O7SSi/c1-23(40)46-14-13-38(21-24-7-9-26(43-2)17-32(24)44-3)47(41,42)27-10-11-28(29(34)18-27)31-20-37-33(30-12-8-25(35)19-36-30)39(31)22-45-15-16-48(4,5)6/h7-12,17-20H,13-16,21-22H2,1-6H3. The Morgan fingerprint density at radius 3 is 2.40 bits per heavy atom. The van der Waals surface area contributed by atoms with Gasteiger partial charge in [-0.05, 0) is 42.4 Å². The zero-order valence-corrected chi connectivity index (χ0v) is 30.4. The largest absolute Gasteiger partial charge is 0.497 e. The Morgan fingerprint density at radius 1 is 1.00 bits per heavy atom. The van der Waals surface area contributed by atoms with Crippen molar-refractivity contribution in [2.24, 2.45) is 0 Å². The third-order valence-corrected chi connectivity index (χ3v) is 11.2. The van der Waals surface area contributed by atoms with Crippen LogP contribution in [0.3, 0.4) is 0 Å². The quantitative estimate of drug-likeness (QED) is 0.0727. The van der Waals surface area contributed by atoms with Crippen molar-refractivity contribution in [2.45, 2.75) is 50.8 Å². The minimum absolute atomic E-state index is 0.0653. The molecule has 2 heterocycles. The van der Waals surface area contributed by atoms with Crippen molar-refractivity contribution < 1.29 is 36.6 Å². The van der Waals surface area contributed by atoms with Gasteiger partial charge in [-0.2, -0.15) is 4.31 Å². The predicted octanol–water partition coefficient (Wildman–Crippen LogP) is 6.49. The van der Waals surface area contributed by atoms with E-state index in [0.29, 0.717) is 46.4 Å². The van der Waals surface area contributed by atoms with Gasteiger partial charge >= 0.3 is 5.97 Å². The van der Waals surface area contributed by atoms with E-state index < -0.39 is 29.9 Å². The number of aromatic nitrogens is 3. The number of methoxy groups -OCH3 is 2. The van der Waals surface area contributed by atoms with E-state index in [-0.39, 0.29) is 36.3 Å². The summed E-state index contributed by atoms with van der Waals surface area (Å²) in [6.45, 7) is 8.33. The van der Waals surface area contributed by atoms with Gasteiger partial charge in [0.2, 0.25) is 10.0 Å². The highest BCUT2D eigenvalue weighted by molar-refractivity contribution is 7.89. The summed E-state index contributed by atoms with van der Waals surface area (Å²) in [6, 6.07) is 13.3. The number of imidazole rings is 1. The minimum Gasteiger partial charge on any atom is -0.497 e. The Bertz CT molecular complexity index is 1830. The summed E-state index contributed by atoms with van der Waals surface area (Å²) >= 11 is 6.80. The monoisotopic (exact) mass is 718 g/mol. The van der Waals surface area contributed by atoms with Crippen molar-refractivity contribution in [1.29, 1.82) is 0 Å². The summed E-state index contributed by atoms with van der Waals surface area (Å²) in [5.74, 6) is 0.415. The highest BCUT2D eigenvalue weighted by Gasteiger charge is 2.28. The van der Waals surface area contributed by atoms with E-state index >= 15 is 0 Å². The van der Waals surface area contributed by atoms with Crippen LogP contribution in [0.25, 0.3) is 22.8 Å². The van der Waals surface area contributed by atoms with E-state index in [1.54, 1.807) is 35.0 Å². The van der Waals surface area contributed by atoms with Crippen LogP contribution >= 0.6 is 11.6 Å². The molecule has 0 radical (unpaired) electrons. The first-order chi connectivity index (χ1) is 22.7. The third-order valence-electron chi connectivity index (χ3n) is 7.37. The second kappa shape index (κ2) is 16.1. The zero-order valence-electron chi connectivity index (χ0n) is 27.8. The van der Waals surface area contributed by atoms with Crippen LogP contribution in [0.1, 0.15) is 12.5 Å². The van der Waals surface area contributed by atoms with E-state index in [1.807, 2.05) is 0 Å². The lowest BCUT2D eigenvalue weighted by Crippen LogP contribution is -2.34. The molecule has 0 amide bonds. The molecule has 258 valence electrons. The highest BCUT2D eigenvalue weighted by atomic mass is 35.5. The number of pyridine rings is 1. The number of carbonyl (C=O) groups excluding carboxylic acids is 1. The molecule has 0 spiro atoms. The first-order valence-corrected chi connectivity index (χ1v) is 20.7. The van der Waals surface area contributed by atoms with Gasteiger partial charge in [-0.3, -0.25) is 9.36 Å². The van der Waals surface area contributed by atoms with E-state index in [9.17, 15) is 17.6 Å². The summed E-state index contributed by atoms with van der Waals surface area (Å²) in [7, 11) is -2.52. The molecule has 0 saturated heterocycles. The fraction of sp³-hybridized carbons (Fsp3) is 0.364. The molecule has 0 aliphatic rings. The van der Waals surface area contributed by atoms with Gasteiger partial charge in [0.25, 0.3) is 0 Å². The Morgan fingerprint density at radius 2 is 1.77 bits per heavy atom. The van der Waals surface area contributed by atoms with Crippen molar-refractivity contribution in [3.05, 3.63) is 77.3 Å². The maximum absolute atomic E-state index is 14.1. The number of rotatable bonds is 16. The van der Waals surface area contributed by atoms with Gasteiger partial charge in [-0.15, -0.1) is 0 Å². The molecule has 0 saturated carbocycles. The first-order valence-electron chi connectivity index (χ1n) is 15.1. The Hall–Kier alpha value is -3.82. The molecule has 2 aromatic carbocycles. The number of esters is 1. The van der Waals surface area contributed by atoms with Crippen molar-refractivity contribution in [3.63, 3.8) is 0 Å². The Kier molecular flexibility index (Phi) is 12.4. The van der Waals surface area contributed by atoms with E-state index in [2.05, 4.69) is 29.6 Å². The number of sulfonamides is 1. The maximum atomic E-state index is 14.1. The Balaban J connectivity index is 1.70. The molecule has 0 N–H and O–H groups in total. The third kappa shape index (κ3) is 9.41. The molecule has 0 aliphatic carbocycles. The first kappa shape index (κ1) is 37.0. The second-order valence-corrected chi connectivity index (χ2v) is 20.1. The molecule has 11 nitrogen and oxygen atoms in total. The topological polar surface area (TPSA) is 122 Å². The van der Waals surface area contributed by atoms with Crippen molar-refractivity contribution in [1.82, 2.24) is 18.8 Å². The van der Waals surface area contributed by atoms with Crippen LogP contribution in [-0.4, -0.2) is 75.3 Å². The van der Waals surface area contributed by atoms with Crippen molar-refractivity contribution in [2.75, 3.05) is 34.0 Å². The van der Waals surface area contributed by atoms with Crippen molar-refractivity contribution in [3.8, 4) is 34.3 Å². The van der Waals surface area contributed by atoms with Gasteiger partial charge in [0.05, 0.1) is 42.2 Å². The molecule has 0 bridgehead atoms. The molecule has 0 atom stereocenters. The van der Waals surface area contributed by atoms with Crippen LogP contribution in [0.2, 0.25) is 30.7 Å². The number of nitrogens with zero attached hydrogens (tertiary/aromatic N) is 4. The van der Waals surface area contributed by atoms with Crippen LogP contribution in [0.4, 0.5) is 4.39 Å². The average molecular weight is 719 g/mol. The van der Waals surface area contributed by atoms with Gasteiger partial charge < -0.3 is 18.9 Å². The lowest BCUT2D eigenvalue weighted by Gasteiger charge is -2.24. The molecular formula is C33H40ClFN4O7SSi.